The van der Waals surface area contributed by atoms with Crippen LogP contribution in [0, 0.1) is 5.82 Å². The highest BCUT2D eigenvalue weighted by Gasteiger charge is 2.14. The first-order valence-corrected chi connectivity index (χ1v) is 8.42. The molecule has 2 amide bonds. The summed E-state index contributed by atoms with van der Waals surface area (Å²) in [6, 6.07) is 16.9. The molecular weight excluding hydrogens is 347 g/mol. The Labute approximate surface area is 156 Å². The summed E-state index contributed by atoms with van der Waals surface area (Å²) in [7, 11) is 1.64. The van der Waals surface area contributed by atoms with Gasteiger partial charge in [0, 0.05) is 19.7 Å². The number of halogens is 1. The van der Waals surface area contributed by atoms with Gasteiger partial charge in [0.1, 0.15) is 11.6 Å². The molecule has 27 heavy (non-hydrogen) atoms. The molecule has 0 fully saturated rings. The summed E-state index contributed by atoms with van der Waals surface area (Å²) in [4.78, 5) is 24.4. The van der Waals surface area contributed by atoms with E-state index in [-0.39, 0.29) is 30.4 Å². The van der Waals surface area contributed by atoms with E-state index in [1.165, 1.54) is 22.9 Å². The molecule has 1 heterocycles. The predicted molar refractivity (Wildman–Crippen MR) is 99.6 cm³/mol. The Hall–Kier alpha value is -3.48. The lowest BCUT2D eigenvalue weighted by atomic mass is 10.1. The first kappa shape index (κ1) is 18.3. The average Bonchev–Trinajstić information content (AvgIpc) is 3.01. The molecule has 0 saturated heterocycles. The Kier molecular flexibility index (Phi) is 5.61. The summed E-state index contributed by atoms with van der Waals surface area (Å²) in [6.07, 6.45) is 0.229. The number of carbonyl (C=O) groups is 2. The topological polar surface area (TPSA) is 76.0 Å². The Morgan fingerprint density at radius 2 is 1.78 bits per heavy atom. The molecule has 0 spiro atoms. The fourth-order valence-corrected chi connectivity index (χ4v) is 2.58. The highest BCUT2D eigenvalue weighted by molar-refractivity contribution is 5.95. The van der Waals surface area contributed by atoms with Crippen LogP contribution >= 0.6 is 0 Å². The van der Waals surface area contributed by atoms with Crippen LogP contribution in [-0.2, 0) is 24.8 Å². The zero-order valence-corrected chi connectivity index (χ0v) is 14.8. The SMILES string of the molecule is Cn1nc(C(=O)NCc2cccc(F)c2)cc1NC(=O)Cc1ccccc1. The molecular formula is C20H19FN4O2. The van der Waals surface area contributed by atoms with Gasteiger partial charge in [0.2, 0.25) is 5.91 Å². The van der Waals surface area contributed by atoms with Crippen LogP contribution in [0.5, 0.6) is 0 Å². The van der Waals surface area contributed by atoms with E-state index < -0.39 is 5.91 Å². The van der Waals surface area contributed by atoms with Crippen molar-refractivity contribution in [3.05, 3.63) is 83.3 Å². The van der Waals surface area contributed by atoms with Crippen molar-refractivity contribution in [2.75, 3.05) is 5.32 Å². The van der Waals surface area contributed by atoms with Crippen LogP contribution in [-0.4, -0.2) is 21.6 Å². The van der Waals surface area contributed by atoms with Crippen molar-refractivity contribution in [1.29, 1.82) is 0 Å². The summed E-state index contributed by atoms with van der Waals surface area (Å²) in [5.74, 6) is -0.538. The summed E-state index contributed by atoms with van der Waals surface area (Å²) >= 11 is 0. The highest BCUT2D eigenvalue weighted by Crippen LogP contribution is 2.11. The Balaban J connectivity index is 1.59. The van der Waals surface area contributed by atoms with Gasteiger partial charge >= 0.3 is 0 Å². The van der Waals surface area contributed by atoms with E-state index in [0.717, 1.165) is 5.56 Å². The third-order valence-electron chi connectivity index (χ3n) is 3.93. The van der Waals surface area contributed by atoms with E-state index in [1.54, 1.807) is 19.2 Å². The van der Waals surface area contributed by atoms with E-state index in [1.807, 2.05) is 30.3 Å². The summed E-state index contributed by atoms with van der Waals surface area (Å²) in [6.45, 7) is 0.183. The van der Waals surface area contributed by atoms with Gasteiger partial charge in [-0.15, -0.1) is 0 Å². The number of nitrogens with zero attached hydrogens (tertiary/aromatic N) is 2. The molecule has 2 N–H and O–H groups in total. The fourth-order valence-electron chi connectivity index (χ4n) is 2.58. The maximum absolute atomic E-state index is 13.2. The zero-order chi connectivity index (χ0) is 19.2. The molecule has 7 heteroatoms. The molecule has 3 rings (SSSR count). The number of hydrogen-bond donors (Lipinski definition) is 2. The number of anilines is 1. The maximum Gasteiger partial charge on any atom is 0.272 e. The molecule has 0 aliphatic carbocycles. The monoisotopic (exact) mass is 366 g/mol. The van der Waals surface area contributed by atoms with Gasteiger partial charge < -0.3 is 10.6 Å². The van der Waals surface area contributed by atoms with Gasteiger partial charge in [-0.2, -0.15) is 5.10 Å². The van der Waals surface area contributed by atoms with E-state index in [2.05, 4.69) is 15.7 Å². The van der Waals surface area contributed by atoms with Gasteiger partial charge in [-0.3, -0.25) is 14.3 Å². The lowest BCUT2D eigenvalue weighted by molar-refractivity contribution is -0.115. The fraction of sp³-hybridized carbons (Fsp3) is 0.150. The van der Waals surface area contributed by atoms with E-state index in [0.29, 0.717) is 11.4 Å². The van der Waals surface area contributed by atoms with Crippen molar-refractivity contribution in [3.63, 3.8) is 0 Å². The molecule has 0 aliphatic rings. The molecule has 0 unspecified atom stereocenters. The molecule has 0 aliphatic heterocycles. The van der Waals surface area contributed by atoms with Gasteiger partial charge in [0.05, 0.1) is 6.42 Å². The standard InChI is InChI=1S/C20H19FN4O2/c1-25-18(23-19(26)11-14-6-3-2-4-7-14)12-17(24-25)20(27)22-13-15-8-5-9-16(21)10-15/h2-10,12H,11,13H2,1H3,(H,22,27)(H,23,26). The number of carbonyl (C=O) groups excluding carboxylic acids is 2. The second-order valence-electron chi connectivity index (χ2n) is 6.06. The van der Waals surface area contributed by atoms with E-state index >= 15 is 0 Å². The molecule has 0 saturated carbocycles. The summed E-state index contributed by atoms with van der Waals surface area (Å²) in [5.41, 5.74) is 1.71. The number of nitrogens with one attached hydrogen (secondary N) is 2. The quantitative estimate of drug-likeness (QED) is 0.704. The Morgan fingerprint density at radius 3 is 2.52 bits per heavy atom. The highest BCUT2D eigenvalue weighted by atomic mass is 19.1. The second kappa shape index (κ2) is 8.27. The summed E-state index contributed by atoms with van der Waals surface area (Å²) < 4.78 is 14.6. The van der Waals surface area contributed by atoms with E-state index in [4.69, 9.17) is 0 Å². The van der Waals surface area contributed by atoms with Gasteiger partial charge in [0.25, 0.3) is 5.91 Å². The largest absolute Gasteiger partial charge is 0.347 e. The average molecular weight is 366 g/mol. The number of aromatic nitrogens is 2. The van der Waals surface area contributed by atoms with Crippen LogP contribution < -0.4 is 10.6 Å². The van der Waals surface area contributed by atoms with Gasteiger partial charge in [-0.05, 0) is 23.3 Å². The van der Waals surface area contributed by atoms with Crippen molar-refractivity contribution >= 4 is 17.6 Å². The van der Waals surface area contributed by atoms with Crippen molar-refractivity contribution in [2.45, 2.75) is 13.0 Å². The summed E-state index contributed by atoms with van der Waals surface area (Å²) in [5, 5.41) is 9.55. The smallest absolute Gasteiger partial charge is 0.272 e. The first-order valence-electron chi connectivity index (χ1n) is 8.42. The third kappa shape index (κ3) is 5.01. The van der Waals surface area contributed by atoms with E-state index in [9.17, 15) is 14.0 Å². The van der Waals surface area contributed by atoms with Crippen molar-refractivity contribution in [2.24, 2.45) is 7.05 Å². The minimum absolute atomic E-state index is 0.170. The van der Waals surface area contributed by atoms with Crippen LogP contribution in [0.25, 0.3) is 0 Å². The molecule has 1 aromatic heterocycles. The lowest BCUT2D eigenvalue weighted by Gasteiger charge is -2.04. The van der Waals surface area contributed by atoms with Gasteiger partial charge in [0.15, 0.2) is 5.69 Å². The molecule has 0 bridgehead atoms. The molecule has 3 aromatic rings. The number of amides is 2. The molecule has 0 atom stereocenters. The molecule has 0 radical (unpaired) electrons. The number of benzene rings is 2. The van der Waals surface area contributed by atoms with Gasteiger partial charge in [-0.1, -0.05) is 42.5 Å². The molecule has 6 nitrogen and oxygen atoms in total. The molecule has 138 valence electrons. The normalized spacial score (nSPS) is 10.4. The minimum atomic E-state index is -0.404. The first-order chi connectivity index (χ1) is 13.0. The van der Waals surface area contributed by atoms with Crippen LogP contribution in [0.4, 0.5) is 10.2 Å². The van der Waals surface area contributed by atoms with Gasteiger partial charge in [-0.25, -0.2) is 4.39 Å². The van der Waals surface area contributed by atoms with Crippen LogP contribution in [0.1, 0.15) is 21.6 Å². The maximum atomic E-state index is 13.2. The van der Waals surface area contributed by atoms with Crippen molar-refractivity contribution < 1.29 is 14.0 Å². The van der Waals surface area contributed by atoms with Crippen LogP contribution in [0.3, 0.4) is 0 Å². The predicted octanol–water partition coefficient (Wildman–Crippen LogP) is 2.67. The second-order valence-corrected chi connectivity index (χ2v) is 6.06. The lowest BCUT2D eigenvalue weighted by Crippen LogP contribution is -2.23. The van der Waals surface area contributed by atoms with Crippen molar-refractivity contribution in [3.8, 4) is 0 Å². The third-order valence-corrected chi connectivity index (χ3v) is 3.93. The zero-order valence-electron chi connectivity index (χ0n) is 14.8. The van der Waals surface area contributed by atoms with Crippen molar-refractivity contribution in [1.82, 2.24) is 15.1 Å². The van der Waals surface area contributed by atoms with Crippen LogP contribution in [0.2, 0.25) is 0 Å². The van der Waals surface area contributed by atoms with Crippen LogP contribution in [0.15, 0.2) is 60.7 Å². The number of aryl methyl sites for hydroxylation is 1. The number of hydrogen-bond acceptors (Lipinski definition) is 3. The number of rotatable bonds is 6. The Bertz CT molecular complexity index is 954. The Morgan fingerprint density at radius 1 is 1.04 bits per heavy atom. The molecule has 2 aromatic carbocycles. The minimum Gasteiger partial charge on any atom is -0.347 e.